The summed E-state index contributed by atoms with van der Waals surface area (Å²) in [7, 11) is 0. The second-order valence-electron chi connectivity index (χ2n) is 15.5. The maximum Gasteiger partial charge on any atom is 0.460 e. The first kappa shape index (κ1) is 60.9. The van der Waals surface area contributed by atoms with Crippen LogP contribution in [0.2, 0.25) is 0 Å². The minimum Gasteiger partial charge on any atom is -0.194 e. The van der Waals surface area contributed by atoms with Crippen molar-refractivity contribution in [2.75, 3.05) is 0 Å². The fraction of sp³-hybridized carbons (Fsp3) is 0.812. The first-order valence-electron chi connectivity index (χ1n) is 16.7. The molecule has 0 aliphatic carbocycles. The summed E-state index contributed by atoms with van der Waals surface area (Å²) in [5.41, 5.74) is -18.2. The summed E-state index contributed by atoms with van der Waals surface area (Å²) in [6, 6.07) is -2.71. The Balaban J connectivity index is 4.69. The Labute approximate surface area is 345 Å². The van der Waals surface area contributed by atoms with E-state index >= 15 is 35.1 Å². The zero-order valence-corrected chi connectivity index (χ0v) is 32.4. The Hall–Kier alpha value is -3.16. The minimum absolute atomic E-state index is 0.117. The predicted octanol–water partition coefficient (Wildman–Crippen LogP) is 16.0. The lowest BCUT2D eigenvalue weighted by Crippen LogP contribution is -2.74. The summed E-state index contributed by atoms with van der Waals surface area (Å²) < 4.78 is 482. The SMILES string of the molecule is CCC(C)(CC)c1cc(C(F)(F)C(F)(F)C(F)(F)C(F)(F)C(F)(F)C(F)(F)C(F)(F)C(F)(F)F)c(C(C)(C)C)cc1C(F)(F)C(F)(F)C(F)(F)C(F)(F)C(F)(F)C(F)(F)C(F)(F)C(F)(F)F. The highest BCUT2D eigenvalue weighted by Gasteiger charge is 2.97. The Kier molecular flexibility index (Phi) is 14.5. The van der Waals surface area contributed by atoms with Gasteiger partial charge in [-0.25, -0.2) is 0 Å². The summed E-state index contributed by atoms with van der Waals surface area (Å²) in [5, 5.41) is 0. The van der Waals surface area contributed by atoms with Gasteiger partial charge in [-0.1, -0.05) is 41.5 Å². The van der Waals surface area contributed by atoms with Gasteiger partial charge in [0.25, 0.3) is 0 Å². The van der Waals surface area contributed by atoms with Crippen molar-refractivity contribution in [1.29, 1.82) is 0 Å². The lowest BCUT2D eigenvalue weighted by atomic mass is 9.69. The van der Waals surface area contributed by atoms with Crippen molar-refractivity contribution >= 4 is 0 Å². The molecule has 0 saturated heterocycles. The number of halogens is 34. The van der Waals surface area contributed by atoms with Gasteiger partial charge in [0.1, 0.15) is 0 Å². The summed E-state index contributed by atoms with van der Waals surface area (Å²) in [4.78, 5) is 0. The molecule has 0 atom stereocenters. The van der Waals surface area contributed by atoms with Crippen LogP contribution >= 0.6 is 0 Å². The molecule has 0 bridgehead atoms. The van der Waals surface area contributed by atoms with Crippen molar-refractivity contribution in [2.24, 2.45) is 0 Å². The zero-order valence-electron chi connectivity index (χ0n) is 32.4. The molecule has 34 heteroatoms. The van der Waals surface area contributed by atoms with Crippen LogP contribution in [-0.4, -0.2) is 83.4 Å². The second-order valence-corrected chi connectivity index (χ2v) is 15.5. The van der Waals surface area contributed by atoms with Crippen molar-refractivity contribution in [2.45, 2.75) is 160 Å². The lowest BCUT2D eigenvalue weighted by Gasteiger charge is -2.45. The van der Waals surface area contributed by atoms with E-state index in [0.717, 1.165) is 0 Å². The number of alkyl halides is 34. The van der Waals surface area contributed by atoms with Crippen LogP contribution in [0.3, 0.4) is 0 Å². The topological polar surface area (TPSA) is 0 Å². The molecule has 0 spiro atoms. The van der Waals surface area contributed by atoms with E-state index < -0.39 is 153 Å². The van der Waals surface area contributed by atoms with Crippen molar-refractivity contribution in [1.82, 2.24) is 0 Å². The van der Waals surface area contributed by atoms with E-state index in [4.69, 9.17) is 0 Å². The van der Waals surface area contributed by atoms with Crippen LogP contribution < -0.4 is 0 Å². The average Bonchev–Trinajstić information content (AvgIpc) is 3.11. The Morgan fingerprint density at radius 2 is 0.439 bits per heavy atom. The first-order chi connectivity index (χ1) is 28.1. The third-order valence-corrected chi connectivity index (χ3v) is 10.3. The number of rotatable bonds is 17. The molecule has 0 amide bonds. The van der Waals surface area contributed by atoms with Gasteiger partial charge in [0.05, 0.1) is 0 Å². The summed E-state index contributed by atoms with van der Waals surface area (Å²) in [6.45, 7) is 1.66. The molecule has 0 aliphatic rings. The average molecular weight is 1050 g/mol. The van der Waals surface area contributed by atoms with Crippen LogP contribution in [0.15, 0.2) is 12.1 Å². The van der Waals surface area contributed by atoms with Gasteiger partial charge < -0.3 is 0 Å². The zero-order chi connectivity index (χ0) is 54.1. The van der Waals surface area contributed by atoms with Crippen LogP contribution in [0.4, 0.5) is 149 Å². The smallest absolute Gasteiger partial charge is 0.194 e. The molecule has 0 aromatic heterocycles. The Morgan fingerprint density at radius 1 is 0.258 bits per heavy atom. The lowest BCUT2D eigenvalue weighted by molar-refractivity contribution is -0.463. The van der Waals surface area contributed by atoms with E-state index in [1.54, 1.807) is 0 Å². The molecule has 0 nitrogen and oxygen atoms in total. The maximum absolute atomic E-state index is 16.0. The molecule has 0 saturated carbocycles. The van der Waals surface area contributed by atoms with Crippen LogP contribution in [0.25, 0.3) is 0 Å². The third kappa shape index (κ3) is 7.64. The Morgan fingerprint density at radius 3 is 0.636 bits per heavy atom. The summed E-state index contributed by atoms with van der Waals surface area (Å²) >= 11 is 0. The first-order valence-corrected chi connectivity index (χ1v) is 16.7. The highest BCUT2D eigenvalue weighted by Crippen LogP contribution is 2.68. The number of benzene rings is 1. The molecule has 0 N–H and O–H groups in total. The third-order valence-electron chi connectivity index (χ3n) is 10.3. The van der Waals surface area contributed by atoms with Crippen molar-refractivity contribution in [3.8, 4) is 0 Å². The largest absolute Gasteiger partial charge is 0.460 e. The Bertz CT molecular complexity index is 1910. The van der Waals surface area contributed by atoms with Gasteiger partial charge in [-0.3, -0.25) is 0 Å². The predicted molar refractivity (Wildman–Crippen MR) is 152 cm³/mol. The monoisotopic (exact) mass is 1050 g/mol. The quantitative estimate of drug-likeness (QED) is 0.136. The molecule has 390 valence electrons. The molecule has 0 aliphatic heterocycles. The molecular formula is C32H24F34. The van der Waals surface area contributed by atoms with E-state index in [0.29, 0.717) is 13.8 Å². The van der Waals surface area contributed by atoms with Crippen LogP contribution in [0.5, 0.6) is 0 Å². The molecule has 0 fully saturated rings. The number of hydrogen-bond acceptors (Lipinski definition) is 0. The van der Waals surface area contributed by atoms with Crippen molar-refractivity contribution < 1.29 is 149 Å². The summed E-state index contributed by atoms with van der Waals surface area (Å²) in [5.74, 6) is -124. The standard InChI is InChI=1S/C32H24F34/c1-7-16(6,8-2)12-10-13(17(33,34)19(37,38)21(41,42)23(45,46)25(49,50)27(53,54)29(57,58)31(61,62)63)11(15(3,4)5)9-14(12)18(35,36)20(39,40)22(43,44)24(47,48)26(51,52)28(55,56)30(59,60)32(64,65)66/h9-10H,7-8H2,1-6H3. The van der Waals surface area contributed by atoms with E-state index in [1.807, 2.05) is 0 Å². The highest BCUT2D eigenvalue weighted by atomic mass is 19.4. The molecule has 1 aromatic rings. The van der Waals surface area contributed by atoms with Gasteiger partial charge in [0.2, 0.25) is 0 Å². The van der Waals surface area contributed by atoms with Gasteiger partial charge in [-0.05, 0) is 46.9 Å². The molecule has 66 heavy (non-hydrogen) atoms. The maximum atomic E-state index is 16.0. The van der Waals surface area contributed by atoms with Crippen LogP contribution in [-0.2, 0) is 22.7 Å². The van der Waals surface area contributed by atoms with Crippen LogP contribution in [0, 0.1) is 0 Å². The normalized spacial score (nSPS) is 16.6. The van der Waals surface area contributed by atoms with E-state index in [-0.39, 0.29) is 27.7 Å². The van der Waals surface area contributed by atoms with Gasteiger partial charge in [0, 0.05) is 11.1 Å². The molecule has 0 radical (unpaired) electrons. The van der Waals surface area contributed by atoms with Gasteiger partial charge in [-0.15, -0.1) is 0 Å². The molecular weight excluding hydrogens is 1030 g/mol. The molecule has 0 heterocycles. The summed E-state index contributed by atoms with van der Waals surface area (Å²) in [6.07, 6.45) is -18.9. The van der Waals surface area contributed by atoms with Gasteiger partial charge >= 0.3 is 95.3 Å². The molecule has 1 rings (SSSR count). The van der Waals surface area contributed by atoms with Crippen molar-refractivity contribution in [3.63, 3.8) is 0 Å². The van der Waals surface area contributed by atoms with Gasteiger partial charge in [0.15, 0.2) is 0 Å². The minimum atomic E-state index is -9.27. The number of hydrogen-bond donors (Lipinski definition) is 0. The van der Waals surface area contributed by atoms with E-state index in [9.17, 15) is 114 Å². The second kappa shape index (κ2) is 15.7. The fourth-order valence-electron chi connectivity index (χ4n) is 5.54. The highest BCUT2D eigenvalue weighted by molar-refractivity contribution is 5.50. The van der Waals surface area contributed by atoms with E-state index in [1.165, 1.54) is 0 Å². The van der Waals surface area contributed by atoms with Crippen LogP contribution in [0.1, 0.15) is 76.6 Å². The fourth-order valence-corrected chi connectivity index (χ4v) is 5.54. The molecule has 0 unspecified atom stereocenters. The van der Waals surface area contributed by atoms with Crippen molar-refractivity contribution in [3.05, 3.63) is 34.4 Å². The van der Waals surface area contributed by atoms with Gasteiger partial charge in [-0.2, -0.15) is 149 Å². The molecule has 1 aromatic carbocycles. The van der Waals surface area contributed by atoms with E-state index in [2.05, 4.69) is 0 Å².